The van der Waals surface area contributed by atoms with Crippen LogP contribution in [0, 0.1) is 6.92 Å². The van der Waals surface area contributed by atoms with E-state index in [9.17, 15) is 0 Å². The first-order valence-electron chi connectivity index (χ1n) is 6.49. The second kappa shape index (κ2) is 4.70. The SMILES string of the molecule is Cc1nc(C2CCCOC2)nc2c1CCNC2. The quantitative estimate of drug-likeness (QED) is 0.795. The van der Waals surface area contributed by atoms with Crippen LogP contribution in [0.15, 0.2) is 0 Å². The highest BCUT2D eigenvalue weighted by Crippen LogP contribution is 2.25. The Morgan fingerprint density at radius 3 is 3.12 bits per heavy atom. The molecule has 1 atom stereocenters. The molecular weight excluding hydrogens is 214 g/mol. The van der Waals surface area contributed by atoms with Crippen molar-refractivity contribution in [1.82, 2.24) is 15.3 Å². The highest BCUT2D eigenvalue weighted by molar-refractivity contribution is 5.28. The van der Waals surface area contributed by atoms with E-state index in [0.717, 1.165) is 57.1 Å². The van der Waals surface area contributed by atoms with Crippen LogP contribution in [0.2, 0.25) is 0 Å². The molecule has 1 saturated heterocycles. The van der Waals surface area contributed by atoms with Crippen molar-refractivity contribution in [2.75, 3.05) is 19.8 Å². The van der Waals surface area contributed by atoms with Crippen molar-refractivity contribution in [3.05, 3.63) is 22.8 Å². The summed E-state index contributed by atoms with van der Waals surface area (Å²) in [6.45, 7) is 5.72. The molecule has 1 unspecified atom stereocenters. The summed E-state index contributed by atoms with van der Waals surface area (Å²) in [6, 6.07) is 0. The standard InChI is InChI=1S/C13H19N3O/c1-9-11-4-5-14-7-12(11)16-13(15-9)10-3-2-6-17-8-10/h10,14H,2-8H2,1H3. The van der Waals surface area contributed by atoms with Crippen molar-refractivity contribution in [1.29, 1.82) is 0 Å². The fourth-order valence-electron chi connectivity index (χ4n) is 2.70. The molecule has 17 heavy (non-hydrogen) atoms. The second-order valence-corrected chi connectivity index (χ2v) is 4.93. The number of nitrogens with one attached hydrogen (secondary N) is 1. The molecule has 2 aliphatic rings. The van der Waals surface area contributed by atoms with E-state index in [-0.39, 0.29) is 0 Å². The Bertz CT molecular complexity index is 413. The largest absolute Gasteiger partial charge is 0.381 e. The molecule has 0 amide bonds. The molecule has 3 rings (SSSR count). The number of hydrogen-bond acceptors (Lipinski definition) is 4. The summed E-state index contributed by atoms with van der Waals surface area (Å²) in [7, 11) is 0. The van der Waals surface area contributed by atoms with Crippen molar-refractivity contribution in [3.63, 3.8) is 0 Å². The Kier molecular flexibility index (Phi) is 3.07. The van der Waals surface area contributed by atoms with Gasteiger partial charge in [-0.1, -0.05) is 0 Å². The second-order valence-electron chi connectivity index (χ2n) is 4.93. The third kappa shape index (κ3) is 2.19. The Labute approximate surface area is 102 Å². The molecule has 2 aliphatic heterocycles. The van der Waals surface area contributed by atoms with Crippen molar-refractivity contribution < 1.29 is 4.74 Å². The summed E-state index contributed by atoms with van der Waals surface area (Å²) < 4.78 is 5.52. The molecule has 1 N–H and O–H groups in total. The molecule has 0 saturated carbocycles. The number of ether oxygens (including phenoxy) is 1. The van der Waals surface area contributed by atoms with Gasteiger partial charge in [-0.25, -0.2) is 9.97 Å². The van der Waals surface area contributed by atoms with Gasteiger partial charge in [0.2, 0.25) is 0 Å². The molecule has 3 heterocycles. The molecule has 1 aromatic heterocycles. The average Bonchev–Trinajstić information content (AvgIpc) is 2.40. The zero-order chi connectivity index (χ0) is 11.7. The van der Waals surface area contributed by atoms with Gasteiger partial charge in [0.25, 0.3) is 0 Å². The number of aromatic nitrogens is 2. The minimum atomic E-state index is 0.398. The third-order valence-corrected chi connectivity index (χ3v) is 3.69. The van der Waals surface area contributed by atoms with Crippen molar-refractivity contribution >= 4 is 0 Å². The maximum atomic E-state index is 5.52. The first-order chi connectivity index (χ1) is 8.34. The highest BCUT2D eigenvalue weighted by atomic mass is 16.5. The molecule has 0 aromatic carbocycles. The number of rotatable bonds is 1. The number of fused-ring (bicyclic) bond motifs is 1. The van der Waals surface area contributed by atoms with Crippen LogP contribution in [0.3, 0.4) is 0 Å². The van der Waals surface area contributed by atoms with Gasteiger partial charge in [-0.3, -0.25) is 0 Å². The summed E-state index contributed by atoms with van der Waals surface area (Å²) >= 11 is 0. The lowest BCUT2D eigenvalue weighted by Crippen LogP contribution is -2.28. The van der Waals surface area contributed by atoms with Gasteiger partial charge in [-0.05, 0) is 38.3 Å². The van der Waals surface area contributed by atoms with E-state index in [1.165, 1.54) is 11.3 Å². The fourth-order valence-corrected chi connectivity index (χ4v) is 2.70. The van der Waals surface area contributed by atoms with Gasteiger partial charge in [0.15, 0.2) is 0 Å². The third-order valence-electron chi connectivity index (χ3n) is 3.69. The van der Waals surface area contributed by atoms with E-state index in [4.69, 9.17) is 14.7 Å². The van der Waals surface area contributed by atoms with Crippen molar-refractivity contribution in [2.45, 2.75) is 38.6 Å². The van der Waals surface area contributed by atoms with Gasteiger partial charge >= 0.3 is 0 Å². The number of hydrogen-bond donors (Lipinski definition) is 1. The van der Waals surface area contributed by atoms with Crippen molar-refractivity contribution in [3.8, 4) is 0 Å². The molecule has 0 aliphatic carbocycles. The summed E-state index contributed by atoms with van der Waals surface area (Å²) in [6.07, 6.45) is 3.34. The molecule has 0 spiro atoms. The van der Waals surface area contributed by atoms with Gasteiger partial charge < -0.3 is 10.1 Å². The van der Waals surface area contributed by atoms with E-state index in [0.29, 0.717) is 5.92 Å². The van der Waals surface area contributed by atoms with Crippen LogP contribution >= 0.6 is 0 Å². The van der Waals surface area contributed by atoms with Crippen LogP contribution in [-0.2, 0) is 17.7 Å². The minimum Gasteiger partial charge on any atom is -0.381 e. The maximum absolute atomic E-state index is 5.52. The van der Waals surface area contributed by atoms with E-state index >= 15 is 0 Å². The van der Waals surface area contributed by atoms with E-state index in [1.54, 1.807) is 0 Å². The average molecular weight is 233 g/mol. The Hall–Kier alpha value is -1.00. The summed E-state index contributed by atoms with van der Waals surface area (Å²) in [4.78, 5) is 9.44. The summed E-state index contributed by atoms with van der Waals surface area (Å²) in [5.41, 5.74) is 3.71. The normalized spacial score (nSPS) is 24.4. The molecular formula is C13H19N3O. The summed E-state index contributed by atoms with van der Waals surface area (Å²) in [5, 5.41) is 3.38. The molecule has 1 fully saturated rings. The zero-order valence-electron chi connectivity index (χ0n) is 10.3. The van der Waals surface area contributed by atoms with Crippen LogP contribution in [0.25, 0.3) is 0 Å². The molecule has 92 valence electrons. The Balaban J connectivity index is 1.92. The number of nitrogens with zero attached hydrogens (tertiary/aromatic N) is 2. The highest BCUT2D eigenvalue weighted by Gasteiger charge is 2.22. The van der Waals surface area contributed by atoms with E-state index in [2.05, 4.69) is 12.2 Å². The van der Waals surface area contributed by atoms with Crippen LogP contribution in [-0.4, -0.2) is 29.7 Å². The molecule has 4 heteroatoms. The Morgan fingerprint density at radius 2 is 2.29 bits per heavy atom. The molecule has 4 nitrogen and oxygen atoms in total. The molecule has 0 radical (unpaired) electrons. The smallest absolute Gasteiger partial charge is 0.134 e. The molecule has 1 aromatic rings. The van der Waals surface area contributed by atoms with Gasteiger partial charge in [0, 0.05) is 24.8 Å². The Morgan fingerprint density at radius 1 is 1.35 bits per heavy atom. The predicted octanol–water partition coefficient (Wildman–Crippen LogP) is 1.32. The first kappa shape index (κ1) is 11.1. The lowest BCUT2D eigenvalue weighted by molar-refractivity contribution is 0.0779. The fraction of sp³-hybridized carbons (Fsp3) is 0.692. The monoisotopic (exact) mass is 233 g/mol. The van der Waals surface area contributed by atoms with E-state index < -0.39 is 0 Å². The minimum absolute atomic E-state index is 0.398. The van der Waals surface area contributed by atoms with Gasteiger partial charge in [-0.2, -0.15) is 0 Å². The zero-order valence-corrected chi connectivity index (χ0v) is 10.3. The van der Waals surface area contributed by atoms with Crippen LogP contribution < -0.4 is 5.32 Å². The van der Waals surface area contributed by atoms with Crippen molar-refractivity contribution in [2.24, 2.45) is 0 Å². The van der Waals surface area contributed by atoms with E-state index in [1.807, 2.05) is 0 Å². The predicted molar refractivity (Wildman–Crippen MR) is 65.0 cm³/mol. The maximum Gasteiger partial charge on any atom is 0.134 e. The number of aryl methyl sites for hydroxylation is 1. The summed E-state index contributed by atoms with van der Waals surface area (Å²) in [5.74, 6) is 1.39. The van der Waals surface area contributed by atoms with Gasteiger partial charge in [0.1, 0.15) is 5.82 Å². The lowest BCUT2D eigenvalue weighted by Gasteiger charge is -2.24. The van der Waals surface area contributed by atoms with Gasteiger partial charge in [0.05, 0.1) is 12.3 Å². The lowest BCUT2D eigenvalue weighted by atomic mass is 9.99. The van der Waals surface area contributed by atoms with Crippen LogP contribution in [0.4, 0.5) is 0 Å². The molecule has 0 bridgehead atoms. The van der Waals surface area contributed by atoms with Crippen LogP contribution in [0.5, 0.6) is 0 Å². The van der Waals surface area contributed by atoms with Crippen LogP contribution in [0.1, 0.15) is 41.5 Å². The van der Waals surface area contributed by atoms with Gasteiger partial charge in [-0.15, -0.1) is 0 Å². The topological polar surface area (TPSA) is 47.0 Å². The first-order valence-corrected chi connectivity index (χ1v) is 6.49.